The number of carboxylic acids is 1. The van der Waals surface area contributed by atoms with E-state index in [1.54, 1.807) is 19.2 Å². The zero-order valence-electron chi connectivity index (χ0n) is 21.4. The van der Waals surface area contributed by atoms with Gasteiger partial charge < -0.3 is 9.84 Å². The minimum absolute atomic E-state index is 0.140. The molecule has 0 saturated carbocycles. The number of aromatic carboxylic acids is 1. The number of carbonyl (C=O) groups excluding carboxylic acids is 1. The van der Waals surface area contributed by atoms with Crippen molar-refractivity contribution in [1.82, 2.24) is 4.98 Å². The molecule has 190 valence electrons. The summed E-state index contributed by atoms with van der Waals surface area (Å²) in [5.74, 6) is -1.53. The summed E-state index contributed by atoms with van der Waals surface area (Å²) in [6.45, 7) is 5.79. The SMILES string of the molecule is CC/C=C\C/C=C\C/C=C\C/C=C\C/C=C\CCCC(=O)OC(C)C(C)c1ccncc1C(=O)O. The van der Waals surface area contributed by atoms with Gasteiger partial charge in [0.15, 0.2) is 0 Å². The highest BCUT2D eigenvalue weighted by molar-refractivity contribution is 5.89. The standard InChI is InChI=1S/C30H41NO4/c1-4-5-6-7-8-9-10-11-12-13-14-15-16-17-18-19-20-21-29(32)35-26(3)25(2)27-22-23-31-24-28(27)30(33)34/h5-6,8-9,11-12,14-15,17-18,22-26H,4,7,10,13,16,19-21H2,1-3H3,(H,33,34)/b6-5-,9-8-,12-11-,15-14-,18-17-. The number of carbonyl (C=O) groups is 2. The van der Waals surface area contributed by atoms with Crippen LogP contribution in [0.15, 0.2) is 79.2 Å². The Morgan fingerprint density at radius 2 is 1.46 bits per heavy atom. The zero-order valence-corrected chi connectivity index (χ0v) is 21.4. The van der Waals surface area contributed by atoms with Crippen LogP contribution in [0.25, 0.3) is 0 Å². The second kappa shape index (κ2) is 19.1. The predicted molar refractivity (Wildman–Crippen MR) is 143 cm³/mol. The molecule has 1 aromatic heterocycles. The molecule has 0 aliphatic rings. The van der Waals surface area contributed by atoms with Gasteiger partial charge in [-0.2, -0.15) is 0 Å². The van der Waals surface area contributed by atoms with E-state index in [0.29, 0.717) is 12.0 Å². The van der Waals surface area contributed by atoms with Gasteiger partial charge in [0.1, 0.15) is 6.10 Å². The Morgan fingerprint density at radius 1 is 0.914 bits per heavy atom. The third-order valence-electron chi connectivity index (χ3n) is 5.51. The molecule has 1 aromatic rings. The van der Waals surface area contributed by atoms with Crippen LogP contribution in [0.5, 0.6) is 0 Å². The van der Waals surface area contributed by atoms with Gasteiger partial charge in [-0.3, -0.25) is 9.78 Å². The highest BCUT2D eigenvalue weighted by Crippen LogP contribution is 2.24. The molecule has 1 N–H and O–H groups in total. The van der Waals surface area contributed by atoms with Gasteiger partial charge in [0.2, 0.25) is 0 Å². The first kappa shape index (κ1) is 29.8. The molecule has 5 nitrogen and oxygen atoms in total. The summed E-state index contributed by atoms with van der Waals surface area (Å²) in [7, 11) is 0. The number of aromatic nitrogens is 1. The van der Waals surface area contributed by atoms with E-state index >= 15 is 0 Å². The Morgan fingerprint density at radius 3 is 2.00 bits per heavy atom. The topological polar surface area (TPSA) is 76.5 Å². The number of unbranched alkanes of at least 4 members (excludes halogenated alkanes) is 1. The zero-order chi connectivity index (χ0) is 25.7. The largest absolute Gasteiger partial charge is 0.478 e. The quantitative estimate of drug-likeness (QED) is 0.140. The first-order valence-electron chi connectivity index (χ1n) is 12.6. The highest BCUT2D eigenvalue weighted by Gasteiger charge is 2.23. The summed E-state index contributed by atoms with van der Waals surface area (Å²) in [6.07, 6.45) is 30.9. The van der Waals surface area contributed by atoms with Crippen molar-refractivity contribution in [3.05, 3.63) is 90.3 Å². The Kier molecular flexibility index (Phi) is 16.3. The summed E-state index contributed by atoms with van der Waals surface area (Å²) in [5.41, 5.74) is 0.757. The van der Waals surface area contributed by atoms with Crippen LogP contribution in [0, 0.1) is 0 Å². The summed E-state index contributed by atoms with van der Waals surface area (Å²) >= 11 is 0. The van der Waals surface area contributed by atoms with E-state index in [2.05, 4.69) is 72.7 Å². The average Bonchev–Trinajstić information content (AvgIpc) is 2.85. The van der Waals surface area contributed by atoms with Crippen LogP contribution in [-0.2, 0) is 9.53 Å². The maximum atomic E-state index is 12.2. The first-order chi connectivity index (χ1) is 17.0. The number of pyridine rings is 1. The molecular formula is C30H41NO4. The van der Waals surface area contributed by atoms with Crippen LogP contribution < -0.4 is 0 Å². The van der Waals surface area contributed by atoms with E-state index in [-0.39, 0.29) is 17.5 Å². The monoisotopic (exact) mass is 479 g/mol. The van der Waals surface area contributed by atoms with Crippen molar-refractivity contribution in [3.63, 3.8) is 0 Å². The fraction of sp³-hybridized carbons (Fsp3) is 0.433. The lowest BCUT2D eigenvalue weighted by Crippen LogP contribution is -2.22. The van der Waals surface area contributed by atoms with E-state index in [9.17, 15) is 14.7 Å². The molecule has 0 radical (unpaired) electrons. The van der Waals surface area contributed by atoms with Crippen LogP contribution in [0.1, 0.15) is 94.0 Å². The number of allylic oxidation sites excluding steroid dienone is 10. The lowest BCUT2D eigenvalue weighted by atomic mass is 9.93. The molecule has 0 spiro atoms. The molecule has 0 bridgehead atoms. The van der Waals surface area contributed by atoms with Crippen molar-refractivity contribution < 1.29 is 19.4 Å². The van der Waals surface area contributed by atoms with Crippen LogP contribution >= 0.6 is 0 Å². The van der Waals surface area contributed by atoms with Crippen LogP contribution in [-0.4, -0.2) is 28.1 Å². The number of carboxylic acid groups (broad SMARTS) is 1. The summed E-state index contributed by atoms with van der Waals surface area (Å²) in [4.78, 5) is 27.4. The van der Waals surface area contributed by atoms with E-state index < -0.39 is 12.1 Å². The van der Waals surface area contributed by atoms with E-state index in [0.717, 1.165) is 44.9 Å². The minimum Gasteiger partial charge on any atom is -0.478 e. The maximum absolute atomic E-state index is 12.2. The Hall–Kier alpha value is -3.21. The van der Waals surface area contributed by atoms with Gasteiger partial charge in [0, 0.05) is 24.7 Å². The molecule has 0 fully saturated rings. The molecule has 1 rings (SSSR count). The predicted octanol–water partition coefficient (Wildman–Crippen LogP) is 7.74. The Balaban J connectivity index is 2.18. The number of nitrogens with zero attached hydrogens (tertiary/aromatic N) is 1. The van der Waals surface area contributed by atoms with Crippen molar-refractivity contribution in [2.24, 2.45) is 0 Å². The number of ether oxygens (including phenoxy) is 1. The van der Waals surface area contributed by atoms with Gasteiger partial charge in [-0.25, -0.2) is 4.79 Å². The number of esters is 1. The minimum atomic E-state index is -1.03. The van der Waals surface area contributed by atoms with Gasteiger partial charge in [0.25, 0.3) is 0 Å². The molecule has 2 atom stereocenters. The third kappa shape index (κ3) is 13.9. The second-order valence-electron chi connectivity index (χ2n) is 8.35. The Labute approximate surface area is 211 Å². The lowest BCUT2D eigenvalue weighted by molar-refractivity contribution is -0.149. The molecular weight excluding hydrogens is 438 g/mol. The van der Waals surface area contributed by atoms with Crippen molar-refractivity contribution in [2.75, 3.05) is 0 Å². The van der Waals surface area contributed by atoms with E-state index in [1.807, 2.05) is 6.92 Å². The smallest absolute Gasteiger partial charge is 0.337 e. The third-order valence-corrected chi connectivity index (χ3v) is 5.51. The summed E-state index contributed by atoms with van der Waals surface area (Å²) in [5, 5.41) is 9.33. The lowest BCUT2D eigenvalue weighted by Gasteiger charge is -2.22. The van der Waals surface area contributed by atoms with Crippen LogP contribution in [0.3, 0.4) is 0 Å². The highest BCUT2D eigenvalue weighted by atomic mass is 16.5. The molecule has 35 heavy (non-hydrogen) atoms. The number of hydrogen-bond acceptors (Lipinski definition) is 4. The van der Waals surface area contributed by atoms with Crippen LogP contribution in [0.2, 0.25) is 0 Å². The van der Waals surface area contributed by atoms with Gasteiger partial charge >= 0.3 is 11.9 Å². The molecule has 1 heterocycles. The fourth-order valence-electron chi connectivity index (χ4n) is 3.33. The van der Waals surface area contributed by atoms with Gasteiger partial charge in [-0.1, -0.05) is 74.6 Å². The van der Waals surface area contributed by atoms with E-state index in [1.165, 1.54) is 6.20 Å². The molecule has 5 heteroatoms. The molecule has 2 unspecified atom stereocenters. The molecule has 0 saturated heterocycles. The van der Waals surface area contributed by atoms with Gasteiger partial charge in [-0.05, 0) is 63.5 Å². The first-order valence-corrected chi connectivity index (χ1v) is 12.6. The van der Waals surface area contributed by atoms with Crippen molar-refractivity contribution >= 4 is 11.9 Å². The molecule has 0 aliphatic carbocycles. The summed E-state index contributed by atoms with van der Waals surface area (Å²) in [6, 6.07) is 1.67. The maximum Gasteiger partial charge on any atom is 0.337 e. The van der Waals surface area contributed by atoms with E-state index in [4.69, 9.17) is 4.74 Å². The Bertz CT molecular complexity index is 895. The van der Waals surface area contributed by atoms with Crippen molar-refractivity contribution in [2.45, 2.75) is 84.2 Å². The van der Waals surface area contributed by atoms with Gasteiger partial charge in [-0.15, -0.1) is 0 Å². The summed E-state index contributed by atoms with van der Waals surface area (Å²) < 4.78 is 5.53. The number of rotatable bonds is 17. The van der Waals surface area contributed by atoms with Crippen molar-refractivity contribution in [1.29, 1.82) is 0 Å². The molecule has 0 amide bonds. The van der Waals surface area contributed by atoms with Crippen LogP contribution in [0.4, 0.5) is 0 Å². The van der Waals surface area contributed by atoms with Crippen molar-refractivity contribution in [3.8, 4) is 0 Å². The number of hydrogen-bond donors (Lipinski definition) is 1. The molecule has 0 aromatic carbocycles. The second-order valence-corrected chi connectivity index (χ2v) is 8.35. The molecule has 0 aliphatic heterocycles. The average molecular weight is 480 g/mol. The normalized spacial score (nSPS) is 14.0. The van der Waals surface area contributed by atoms with Gasteiger partial charge in [0.05, 0.1) is 5.56 Å². The fourth-order valence-corrected chi connectivity index (χ4v) is 3.33.